The van der Waals surface area contributed by atoms with Crippen molar-refractivity contribution in [3.05, 3.63) is 77.7 Å². The van der Waals surface area contributed by atoms with Crippen LogP contribution in [0.2, 0.25) is 0 Å². The van der Waals surface area contributed by atoms with E-state index in [1.165, 1.54) is 0 Å². The molecule has 1 amide bonds. The first kappa shape index (κ1) is 20.5. The van der Waals surface area contributed by atoms with Gasteiger partial charge < -0.3 is 28.8 Å². The number of carbonyl (C=O) groups excluding carboxylic acids is 1. The average molecular weight is 434 g/mol. The number of hydrogen-bond donors (Lipinski definition) is 1. The lowest BCUT2D eigenvalue weighted by atomic mass is 10.0. The van der Waals surface area contributed by atoms with Crippen LogP contribution in [-0.2, 0) is 11.3 Å². The average Bonchev–Trinajstić information content (AvgIpc) is 3.54. The van der Waals surface area contributed by atoms with Gasteiger partial charge in [0, 0.05) is 12.3 Å². The van der Waals surface area contributed by atoms with Gasteiger partial charge in [-0.3, -0.25) is 4.79 Å². The number of benzene rings is 2. The molecule has 3 heterocycles. The fraction of sp³-hybridized carbons (Fsp3) is 0.320. The van der Waals surface area contributed by atoms with Crippen molar-refractivity contribution in [3.8, 4) is 11.5 Å². The van der Waals surface area contributed by atoms with E-state index in [2.05, 4.69) is 5.32 Å². The highest BCUT2D eigenvalue weighted by Gasteiger charge is 2.34. The lowest BCUT2D eigenvalue weighted by molar-refractivity contribution is 0.0647. The van der Waals surface area contributed by atoms with Crippen molar-refractivity contribution in [2.24, 2.45) is 0 Å². The largest absolute Gasteiger partial charge is 0.493 e. The van der Waals surface area contributed by atoms with Crippen LogP contribution in [0.5, 0.6) is 11.5 Å². The van der Waals surface area contributed by atoms with Crippen molar-refractivity contribution < 1.29 is 23.4 Å². The van der Waals surface area contributed by atoms with Gasteiger partial charge in [0.15, 0.2) is 11.5 Å². The topological polar surface area (TPSA) is 73.2 Å². The number of para-hydroxylation sites is 1. The zero-order valence-corrected chi connectivity index (χ0v) is 18.0. The Morgan fingerprint density at radius 2 is 2.03 bits per heavy atom. The van der Waals surface area contributed by atoms with Crippen molar-refractivity contribution in [2.45, 2.75) is 31.7 Å². The Hall–Kier alpha value is -3.45. The molecule has 0 saturated carbocycles. The van der Waals surface area contributed by atoms with E-state index in [-0.39, 0.29) is 18.2 Å². The monoisotopic (exact) mass is 434 g/mol. The molecule has 1 saturated heterocycles. The Labute approximate surface area is 186 Å². The second kappa shape index (κ2) is 8.96. The highest BCUT2D eigenvalue weighted by molar-refractivity contribution is 6.01. The van der Waals surface area contributed by atoms with Crippen LogP contribution in [0.25, 0.3) is 0 Å². The molecular weight excluding hydrogens is 408 g/mol. The molecule has 1 aromatic heterocycles. The molecule has 1 N–H and O–H groups in total. The summed E-state index contributed by atoms with van der Waals surface area (Å²) >= 11 is 0. The van der Waals surface area contributed by atoms with Crippen molar-refractivity contribution >= 4 is 11.6 Å². The molecular formula is C25H26N2O5. The van der Waals surface area contributed by atoms with Crippen molar-refractivity contribution in [2.75, 3.05) is 25.6 Å². The Kier molecular flexibility index (Phi) is 5.73. The zero-order chi connectivity index (χ0) is 21.9. The van der Waals surface area contributed by atoms with Crippen LogP contribution in [0, 0.1) is 0 Å². The van der Waals surface area contributed by atoms with E-state index >= 15 is 0 Å². The summed E-state index contributed by atoms with van der Waals surface area (Å²) in [4.78, 5) is 15.1. The van der Waals surface area contributed by atoms with Crippen LogP contribution in [0.3, 0.4) is 0 Å². The molecule has 1 fully saturated rings. The summed E-state index contributed by atoms with van der Waals surface area (Å²) in [5.74, 6) is 1.94. The molecule has 2 unspecified atom stereocenters. The molecule has 166 valence electrons. The Bertz CT molecular complexity index is 1080. The van der Waals surface area contributed by atoms with Gasteiger partial charge in [-0.15, -0.1) is 0 Å². The fourth-order valence-electron chi connectivity index (χ4n) is 4.22. The van der Waals surface area contributed by atoms with E-state index in [0.29, 0.717) is 36.0 Å². The predicted molar refractivity (Wildman–Crippen MR) is 119 cm³/mol. The van der Waals surface area contributed by atoms with Crippen LogP contribution in [0.1, 0.15) is 40.7 Å². The third-order valence-electron chi connectivity index (χ3n) is 5.88. The van der Waals surface area contributed by atoms with E-state index in [1.807, 2.05) is 54.6 Å². The number of hydrogen-bond acceptors (Lipinski definition) is 6. The maximum absolute atomic E-state index is 13.4. The van der Waals surface area contributed by atoms with Crippen LogP contribution in [0.15, 0.2) is 65.3 Å². The van der Waals surface area contributed by atoms with Gasteiger partial charge in [0.1, 0.15) is 18.5 Å². The zero-order valence-electron chi connectivity index (χ0n) is 18.0. The summed E-state index contributed by atoms with van der Waals surface area (Å²) in [7, 11) is 1.62. The summed E-state index contributed by atoms with van der Waals surface area (Å²) in [6.07, 6.45) is 3.43. The van der Waals surface area contributed by atoms with Gasteiger partial charge in [-0.05, 0) is 54.8 Å². The second-order valence-electron chi connectivity index (χ2n) is 7.96. The van der Waals surface area contributed by atoms with Crippen molar-refractivity contribution in [1.29, 1.82) is 0 Å². The number of nitrogens with zero attached hydrogens (tertiary/aromatic N) is 1. The van der Waals surface area contributed by atoms with Gasteiger partial charge >= 0.3 is 0 Å². The molecule has 0 aliphatic carbocycles. The number of ether oxygens (including phenoxy) is 3. The first-order chi connectivity index (χ1) is 15.7. The molecule has 2 aliphatic rings. The maximum Gasteiger partial charge on any atom is 0.258 e. The fourth-order valence-corrected chi connectivity index (χ4v) is 4.22. The summed E-state index contributed by atoms with van der Waals surface area (Å²) in [5, 5.41) is 3.50. The highest BCUT2D eigenvalue weighted by atomic mass is 16.5. The SMILES string of the molecule is COc1cc(C2Nc3ccccc3C(=O)N2Cc2ccco2)ccc1OCC1CCCO1. The van der Waals surface area contributed by atoms with Gasteiger partial charge in [0.25, 0.3) is 5.91 Å². The molecule has 2 aromatic carbocycles. The van der Waals surface area contributed by atoms with Crippen LogP contribution in [0.4, 0.5) is 5.69 Å². The Morgan fingerprint density at radius 3 is 2.81 bits per heavy atom. The van der Waals surface area contributed by atoms with Crippen LogP contribution in [-0.4, -0.2) is 37.2 Å². The normalized spacial score (nSPS) is 20.0. The maximum atomic E-state index is 13.4. The molecule has 5 rings (SSSR count). The first-order valence-electron chi connectivity index (χ1n) is 10.8. The minimum Gasteiger partial charge on any atom is -0.493 e. The lowest BCUT2D eigenvalue weighted by Crippen LogP contribution is -2.42. The quantitative estimate of drug-likeness (QED) is 0.585. The van der Waals surface area contributed by atoms with E-state index in [1.54, 1.807) is 18.3 Å². The van der Waals surface area contributed by atoms with Gasteiger partial charge in [0.05, 0.1) is 31.6 Å². The number of furan rings is 1. The Morgan fingerprint density at radius 1 is 1.12 bits per heavy atom. The molecule has 2 aliphatic heterocycles. The molecule has 7 heteroatoms. The smallest absolute Gasteiger partial charge is 0.258 e. The summed E-state index contributed by atoms with van der Waals surface area (Å²) in [6.45, 7) is 1.63. The minimum absolute atomic E-state index is 0.0570. The molecule has 32 heavy (non-hydrogen) atoms. The molecule has 0 spiro atoms. The van der Waals surface area contributed by atoms with Crippen molar-refractivity contribution in [1.82, 2.24) is 4.90 Å². The molecule has 3 aromatic rings. The number of rotatable bonds is 7. The van der Waals surface area contributed by atoms with E-state index in [9.17, 15) is 4.79 Å². The number of nitrogens with one attached hydrogen (secondary N) is 1. The lowest BCUT2D eigenvalue weighted by Gasteiger charge is -2.38. The highest BCUT2D eigenvalue weighted by Crippen LogP contribution is 2.37. The number of anilines is 1. The second-order valence-corrected chi connectivity index (χ2v) is 7.96. The summed E-state index contributed by atoms with van der Waals surface area (Å²) in [6, 6.07) is 17.0. The molecule has 2 atom stereocenters. The molecule has 0 bridgehead atoms. The minimum atomic E-state index is -0.386. The number of fused-ring (bicyclic) bond motifs is 1. The van der Waals surface area contributed by atoms with Gasteiger partial charge in [0.2, 0.25) is 0 Å². The number of amides is 1. The molecule has 7 nitrogen and oxygen atoms in total. The van der Waals surface area contributed by atoms with E-state index in [4.69, 9.17) is 18.6 Å². The third kappa shape index (κ3) is 4.03. The van der Waals surface area contributed by atoms with Crippen LogP contribution < -0.4 is 14.8 Å². The summed E-state index contributed by atoms with van der Waals surface area (Å²) < 4.78 is 22.8. The first-order valence-corrected chi connectivity index (χ1v) is 10.8. The van der Waals surface area contributed by atoms with E-state index < -0.39 is 0 Å². The van der Waals surface area contributed by atoms with E-state index in [0.717, 1.165) is 30.7 Å². The van der Waals surface area contributed by atoms with Gasteiger partial charge in [-0.1, -0.05) is 18.2 Å². The van der Waals surface area contributed by atoms with Crippen molar-refractivity contribution in [3.63, 3.8) is 0 Å². The third-order valence-corrected chi connectivity index (χ3v) is 5.88. The number of carbonyl (C=O) groups is 1. The van der Waals surface area contributed by atoms with Gasteiger partial charge in [-0.2, -0.15) is 0 Å². The predicted octanol–water partition coefficient (Wildman–Crippen LogP) is 4.61. The van der Waals surface area contributed by atoms with Gasteiger partial charge in [-0.25, -0.2) is 0 Å². The standard InChI is InChI=1S/C25H26N2O5/c1-29-23-14-17(10-11-22(23)32-16-19-7-5-13-31-19)24-26-21-9-3-2-8-20(21)25(28)27(24)15-18-6-4-12-30-18/h2-4,6,8-12,14,19,24,26H,5,7,13,15-16H2,1H3. The number of methoxy groups -OCH3 is 1. The molecule has 0 radical (unpaired) electrons. The van der Waals surface area contributed by atoms with Crippen LogP contribution >= 0.6 is 0 Å². The summed E-state index contributed by atoms with van der Waals surface area (Å²) in [5.41, 5.74) is 2.33. The Balaban J connectivity index is 1.44.